The molecule has 0 spiro atoms. The molecule has 0 radical (unpaired) electrons. The van der Waals surface area contributed by atoms with Crippen LogP contribution >= 0.6 is 0 Å². The van der Waals surface area contributed by atoms with E-state index in [2.05, 4.69) is 10.3 Å². The molecule has 1 fully saturated rings. The molecule has 6 heteroatoms. The van der Waals surface area contributed by atoms with E-state index < -0.39 is 18.2 Å². The molecule has 1 saturated heterocycles. The van der Waals surface area contributed by atoms with Gasteiger partial charge in [-0.1, -0.05) is 6.07 Å². The van der Waals surface area contributed by atoms with Gasteiger partial charge in [0.1, 0.15) is 6.10 Å². The van der Waals surface area contributed by atoms with Gasteiger partial charge in [0.25, 0.3) is 5.91 Å². The van der Waals surface area contributed by atoms with Gasteiger partial charge in [0.2, 0.25) is 0 Å². The van der Waals surface area contributed by atoms with E-state index in [4.69, 9.17) is 9.84 Å². The van der Waals surface area contributed by atoms with Crippen LogP contribution < -0.4 is 5.32 Å². The number of carbonyl (C=O) groups excluding carboxylic acids is 1. The summed E-state index contributed by atoms with van der Waals surface area (Å²) >= 11 is 0. The zero-order chi connectivity index (χ0) is 15.7. The predicted molar refractivity (Wildman–Crippen MR) is 80.6 cm³/mol. The first-order chi connectivity index (χ1) is 10.6. The number of aliphatic carboxylic acids is 1. The van der Waals surface area contributed by atoms with Crippen molar-refractivity contribution in [2.24, 2.45) is 0 Å². The summed E-state index contributed by atoms with van der Waals surface area (Å²) in [5.41, 5.74) is 2.51. The second-order valence-electron chi connectivity index (χ2n) is 5.35. The molecule has 2 N–H and O–H groups in total. The summed E-state index contributed by atoms with van der Waals surface area (Å²) in [6, 6.07) is 7.41. The lowest BCUT2D eigenvalue weighted by molar-refractivity contribution is -0.150. The summed E-state index contributed by atoms with van der Waals surface area (Å²) < 4.78 is 5.27. The van der Waals surface area contributed by atoms with Crippen LogP contribution in [0.4, 0.5) is 5.69 Å². The number of fused-ring (bicyclic) bond motifs is 1. The van der Waals surface area contributed by atoms with Crippen LogP contribution in [0.1, 0.15) is 18.4 Å². The molecule has 1 aliphatic heterocycles. The molecule has 1 aliphatic rings. The zero-order valence-electron chi connectivity index (χ0n) is 12.1. The molecular weight excluding hydrogens is 284 g/mol. The maximum atomic E-state index is 12.3. The third-order valence-electron chi connectivity index (χ3n) is 3.82. The number of carboxylic acid groups (broad SMARTS) is 1. The molecule has 0 bridgehead atoms. The number of hydrogen-bond donors (Lipinski definition) is 2. The van der Waals surface area contributed by atoms with Gasteiger partial charge >= 0.3 is 5.97 Å². The highest BCUT2D eigenvalue weighted by molar-refractivity contribution is 6.03. The van der Waals surface area contributed by atoms with Crippen LogP contribution in [-0.2, 0) is 14.3 Å². The topological polar surface area (TPSA) is 88.5 Å². The lowest BCUT2D eigenvalue weighted by atomic mass is 10.1. The lowest BCUT2D eigenvalue weighted by Gasteiger charge is -2.14. The lowest BCUT2D eigenvalue weighted by Crippen LogP contribution is -2.30. The summed E-state index contributed by atoms with van der Waals surface area (Å²) in [6.45, 7) is 1.96. The van der Waals surface area contributed by atoms with Gasteiger partial charge in [0, 0.05) is 11.6 Å². The Morgan fingerprint density at radius 1 is 1.27 bits per heavy atom. The Labute approximate surface area is 127 Å². The van der Waals surface area contributed by atoms with Crippen molar-refractivity contribution >= 4 is 28.5 Å². The van der Waals surface area contributed by atoms with Crippen molar-refractivity contribution in [3.05, 3.63) is 36.0 Å². The highest BCUT2D eigenvalue weighted by Gasteiger charge is 2.34. The van der Waals surface area contributed by atoms with Gasteiger partial charge in [-0.05, 0) is 43.5 Å². The maximum absolute atomic E-state index is 12.3. The van der Waals surface area contributed by atoms with Crippen LogP contribution in [0.25, 0.3) is 10.9 Å². The molecule has 1 amide bonds. The Balaban J connectivity index is 1.81. The number of amides is 1. The van der Waals surface area contributed by atoms with Crippen molar-refractivity contribution in [3.63, 3.8) is 0 Å². The van der Waals surface area contributed by atoms with Crippen molar-refractivity contribution < 1.29 is 19.4 Å². The van der Waals surface area contributed by atoms with Crippen molar-refractivity contribution in [2.45, 2.75) is 32.0 Å². The van der Waals surface area contributed by atoms with Crippen LogP contribution in [0.3, 0.4) is 0 Å². The molecule has 114 valence electrons. The Bertz CT molecular complexity index is 744. The molecule has 6 nitrogen and oxygen atoms in total. The third kappa shape index (κ3) is 2.65. The maximum Gasteiger partial charge on any atom is 0.332 e. The SMILES string of the molecule is Cc1ccc(NC(=O)[C@@H]2CC[C@H](C(=O)O)O2)c2cccnc12. The van der Waals surface area contributed by atoms with E-state index in [0.29, 0.717) is 18.5 Å². The van der Waals surface area contributed by atoms with Crippen LogP contribution in [0, 0.1) is 6.92 Å². The van der Waals surface area contributed by atoms with Crippen molar-refractivity contribution in [3.8, 4) is 0 Å². The first kappa shape index (κ1) is 14.5. The van der Waals surface area contributed by atoms with Gasteiger partial charge in [-0.25, -0.2) is 4.79 Å². The highest BCUT2D eigenvalue weighted by Crippen LogP contribution is 2.26. The largest absolute Gasteiger partial charge is 0.479 e. The average molecular weight is 300 g/mol. The van der Waals surface area contributed by atoms with E-state index in [-0.39, 0.29) is 5.91 Å². The number of rotatable bonds is 3. The summed E-state index contributed by atoms with van der Waals surface area (Å²) in [6.07, 6.45) is 0.841. The number of benzene rings is 1. The first-order valence-corrected chi connectivity index (χ1v) is 7.09. The van der Waals surface area contributed by atoms with Crippen molar-refractivity contribution in [1.29, 1.82) is 0 Å². The Morgan fingerprint density at radius 2 is 2.05 bits per heavy atom. The van der Waals surface area contributed by atoms with Gasteiger partial charge < -0.3 is 15.2 Å². The molecule has 2 heterocycles. The average Bonchev–Trinajstić information content (AvgIpc) is 3.01. The van der Waals surface area contributed by atoms with Gasteiger partial charge in [0.05, 0.1) is 11.2 Å². The number of pyridine rings is 1. The number of nitrogens with zero attached hydrogens (tertiary/aromatic N) is 1. The Hall–Kier alpha value is -2.47. The molecule has 22 heavy (non-hydrogen) atoms. The first-order valence-electron chi connectivity index (χ1n) is 7.09. The van der Waals surface area contributed by atoms with Crippen LogP contribution in [0.15, 0.2) is 30.5 Å². The Kier molecular flexibility index (Phi) is 3.77. The van der Waals surface area contributed by atoms with Gasteiger partial charge in [-0.2, -0.15) is 0 Å². The standard InChI is InChI=1S/C16H16N2O4/c1-9-4-5-11(10-3-2-8-17-14(9)10)18-15(19)12-6-7-13(22-12)16(20)21/h2-5,8,12-13H,6-7H2,1H3,(H,18,19)(H,20,21)/t12-,13+/m0/s1. The summed E-state index contributed by atoms with van der Waals surface area (Å²) in [5, 5.41) is 12.6. The minimum absolute atomic E-state index is 0.322. The summed E-state index contributed by atoms with van der Waals surface area (Å²) in [7, 11) is 0. The molecule has 3 rings (SSSR count). The van der Waals surface area contributed by atoms with E-state index in [9.17, 15) is 9.59 Å². The fourth-order valence-corrected chi connectivity index (χ4v) is 2.65. The summed E-state index contributed by atoms with van der Waals surface area (Å²) in [4.78, 5) is 27.5. The number of carbonyl (C=O) groups is 2. The minimum atomic E-state index is -1.03. The minimum Gasteiger partial charge on any atom is -0.479 e. The molecule has 1 aromatic carbocycles. The fraction of sp³-hybridized carbons (Fsp3) is 0.312. The van der Waals surface area contributed by atoms with E-state index in [1.165, 1.54) is 0 Å². The number of ether oxygens (including phenoxy) is 1. The quantitative estimate of drug-likeness (QED) is 0.906. The number of aromatic nitrogens is 1. The van der Waals surface area contributed by atoms with Crippen LogP contribution in [-0.4, -0.2) is 34.2 Å². The Morgan fingerprint density at radius 3 is 2.77 bits per heavy atom. The third-order valence-corrected chi connectivity index (χ3v) is 3.82. The van der Waals surface area contributed by atoms with E-state index in [1.54, 1.807) is 6.20 Å². The second-order valence-corrected chi connectivity index (χ2v) is 5.35. The van der Waals surface area contributed by atoms with Gasteiger partial charge in [0.15, 0.2) is 6.10 Å². The molecular formula is C16H16N2O4. The monoisotopic (exact) mass is 300 g/mol. The highest BCUT2D eigenvalue weighted by atomic mass is 16.5. The molecule has 2 aromatic rings. The molecule has 0 unspecified atom stereocenters. The smallest absolute Gasteiger partial charge is 0.332 e. The van der Waals surface area contributed by atoms with Crippen LogP contribution in [0.5, 0.6) is 0 Å². The second kappa shape index (κ2) is 5.73. The summed E-state index contributed by atoms with van der Waals surface area (Å²) in [5.74, 6) is -1.35. The van der Waals surface area contributed by atoms with Crippen molar-refractivity contribution in [1.82, 2.24) is 4.98 Å². The van der Waals surface area contributed by atoms with Gasteiger partial charge in [-0.3, -0.25) is 9.78 Å². The van der Waals surface area contributed by atoms with E-state index >= 15 is 0 Å². The van der Waals surface area contributed by atoms with Crippen molar-refractivity contribution in [2.75, 3.05) is 5.32 Å². The fourth-order valence-electron chi connectivity index (χ4n) is 2.65. The molecule has 2 atom stereocenters. The van der Waals surface area contributed by atoms with E-state index in [1.807, 2.05) is 31.2 Å². The number of anilines is 1. The van der Waals surface area contributed by atoms with Crippen LogP contribution in [0.2, 0.25) is 0 Å². The zero-order valence-corrected chi connectivity index (χ0v) is 12.1. The number of aryl methyl sites for hydroxylation is 1. The normalized spacial score (nSPS) is 21.0. The van der Waals surface area contributed by atoms with Gasteiger partial charge in [-0.15, -0.1) is 0 Å². The number of hydrogen-bond acceptors (Lipinski definition) is 4. The molecule has 1 aromatic heterocycles. The number of nitrogens with one attached hydrogen (secondary N) is 1. The number of carboxylic acids is 1. The predicted octanol–water partition coefficient (Wildman–Crippen LogP) is 2.11. The molecule has 0 aliphatic carbocycles. The molecule has 0 saturated carbocycles. The van der Waals surface area contributed by atoms with E-state index in [0.717, 1.165) is 16.5 Å².